The summed E-state index contributed by atoms with van der Waals surface area (Å²) in [6, 6.07) is 6.20. The summed E-state index contributed by atoms with van der Waals surface area (Å²) < 4.78 is 5.43. The van der Waals surface area contributed by atoms with E-state index in [1.807, 2.05) is 37.1 Å². The van der Waals surface area contributed by atoms with Gasteiger partial charge in [0.05, 0.1) is 18.7 Å². The number of hydrogen-bond acceptors (Lipinski definition) is 3. The Morgan fingerprint density at radius 1 is 1.23 bits per heavy atom. The molecule has 140 valence electrons. The molecule has 5 nitrogen and oxygen atoms in total. The Kier molecular flexibility index (Phi) is 4.41. The van der Waals surface area contributed by atoms with Crippen LogP contribution in [0.3, 0.4) is 0 Å². The van der Waals surface area contributed by atoms with E-state index in [2.05, 4.69) is 0 Å². The minimum absolute atomic E-state index is 0.00930. The van der Waals surface area contributed by atoms with Gasteiger partial charge in [-0.3, -0.25) is 9.59 Å². The first-order valence-corrected chi connectivity index (χ1v) is 9.71. The van der Waals surface area contributed by atoms with E-state index in [1.165, 1.54) is 25.7 Å². The molecule has 1 aromatic rings. The van der Waals surface area contributed by atoms with E-state index in [4.69, 9.17) is 4.74 Å². The lowest BCUT2D eigenvalue weighted by atomic mass is 10.0. The molecule has 3 fully saturated rings. The molecular formula is C21H28N2O3. The number of benzene rings is 1. The summed E-state index contributed by atoms with van der Waals surface area (Å²) in [5.74, 6) is 1.94. The van der Waals surface area contributed by atoms with Gasteiger partial charge in [0.15, 0.2) is 0 Å². The fourth-order valence-electron chi connectivity index (χ4n) is 4.44. The second kappa shape index (κ2) is 6.60. The van der Waals surface area contributed by atoms with Gasteiger partial charge in [0.2, 0.25) is 11.8 Å². The van der Waals surface area contributed by atoms with Crippen molar-refractivity contribution < 1.29 is 14.3 Å². The maximum atomic E-state index is 13.1. The molecule has 1 aliphatic heterocycles. The number of amides is 2. The van der Waals surface area contributed by atoms with Crippen molar-refractivity contribution in [3.63, 3.8) is 0 Å². The quantitative estimate of drug-likeness (QED) is 0.787. The number of hydrogen-bond donors (Lipinski definition) is 0. The van der Waals surface area contributed by atoms with Crippen LogP contribution in [0.25, 0.3) is 0 Å². The van der Waals surface area contributed by atoms with E-state index < -0.39 is 0 Å². The molecule has 5 heteroatoms. The van der Waals surface area contributed by atoms with Crippen molar-refractivity contribution in [2.24, 2.45) is 17.8 Å². The van der Waals surface area contributed by atoms with E-state index in [1.54, 1.807) is 12.0 Å². The maximum Gasteiger partial charge on any atom is 0.228 e. The van der Waals surface area contributed by atoms with E-state index >= 15 is 0 Å². The Morgan fingerprint density at radius 3 is 2.46 bits per heavy atom. The number of carbonyl (C=O) groups is 2. The highest BCUT2D eigenvalue weighted by Crippen LogP contribution is 2.47. The number of rotatable bonds is 6. The number of anilines is 1. The van der Waals surface area contributed by atoms with E-state index in [0.29, 0.717) is 36.6 Å². The van der Waals surface area contributed by atoms with Crippen LogP contribution in [-0.4, -0.2) is 43.5 Å². The number of nitrogens with zero attached hydrogens (tertiary/aromatic N) is 2. The zero-order valence-corrected chi connectivity index (χ0v) is 15.9. The summed E-state index contributed by atoms with van der Waals surface area (Å²) in [5, 5.41) is 0. The molecule has 1 unspecified atom stereocenters. The van der Waals surface area contributed by atoms with Crippen LogP contribution in [0.1, 0.15) is 37.7 Å². The highest BCUT2D eigenvalue weighted by molar-refractivity contribution is 6.01. The first-order chi connectivity index (χ1) is 12.5. The van der Waals surface area contributed by atoms with Crippen molar-refractivity contribution in [3.05, 3.63) is 23.8 Å². The predicted molar refractivity (Wildman–Crippen MR) is 100 cm³/mol. The van der Waals surface area contributed by atoms with Crippen LogP contribution in [-0.2, 0) is 9.59 Å². The number of ether oxygens (including phenoxy) is 1. The smallest absolute Gasteiger partial charge is 0.228 e. The molecule has 0 radical (unpaired) electrons. The van der Waals surface area contributed by atoms with Gasteiger partial charge in [0, 0.05) is 26.1 Å². The molecule has 3 aliphatic rings. The van der Waals surface area contributed by atoms with Crippen LogP contribution in [0.5, 0.6) is 5.75 Å². The minimum Gasteiger partial charge on any atom is -0.495 e. The van der Waals surface area contributed by atoms with Crippen LogP contribution in [0, 0.1) is 24.7 Å². The van der Waals surface area contributed by atoms with E-state index in [0.717, 1.165) is 11.3 Å². The SMILES string of the molecule is COc1ccc(C)cc1N1CC(C(=O)N(C)C(C2CC2)C2CC2)CC1=O. The third-order valence-corrected chi connectivity index (χ3v) is 6.10. The summed E-state index contributed by atoms with van der Waals surface area (Å²) in [6.07, 6.45) is 5.27. The summed E-state index contributed by atoms with van der Waals surface area (Å²) in [4.78, 5) is 29.5. The van der Waals surface area contributed by atoms with Gasteiger partial charge in [-0.05, 0) is 62.1 Å². The molecule has 2 aliphatic carbocycles. The fraction of sp³-hybridized carbons (Fsp3) is 0.619. The zero-order valence-electron chi connectivity index (χ0n) is 15.9. The number of aryl methyl sites for hydroxylation is 1. The molecule has 0 aromatic heterocycles. The van der Waals surface area contributed by atoms with Gasteiger partial charge in [0.1, 0.15) is 5.75 Å². The summed E-state index contributed by atoms with van der Waals surface area (Å²) in [7, 11) is 3.56. The molecule has 0 spiro atoms. The van der Waals surface area contributed by atoms with Crippen molar-refractivity contribution in [1.29, 1.82) is 0 Å². The van der Waals surface area contributed by atoms with Gasteiger partial charge in [0.25, 0.3) is 0 Å². The molecule has 0 N–H and O–H groups in total. The maximum absolute atomic E-state index is 13.1. The zero-order chi connectivity index (χ0) is 18.4. The summed E-state index contributed by atoms with van der Waals surface area (Å²) in [5.41, 5.74) is 1.85. The second-order valence-electron chi connectivity index (χ2n) is 8.20. The Bertz CT molecular complexity index is 712. The normalized spacial score (nSPS) is 22.8. The number of methoxy groups -OCH3 is 1. The Morgan fingerprint density at radius 2 is 1.88 bits per heavy atom. The molecule has 1 saturated heterocycles. The number of carbonyl (C=O) groups excluding carboxylic acids is 2. The van der Waals surface area contributed by atoms with Crippen LogP contribution < -0.4 is 9.64 Å². The average Bonchev–Trinajstić information content (AvgIpc) is 3.55. The molecule has 2 amide bonds. The van der Waals surface area contributed by atoms with Crippen LogP contribution in [0.2, 0.25) is 0 Å². The van der Waals surface area contributed by atoms with Gasteiger partial charge in [-0.25, -0.2) is 0 Å². The minimum atomic E-state index is -0.252. The van der Waals surface area contributed by atoms with Gasteiger partial charge in [-0.1, -0.05) is 6.07 Å². The molecular weight excluding hydrogens is 328 g/mol. The lowest BCUT2D eigenvalue weighted by molar-refractivity contribution is -0.137. The van der Waals surface area contributed by atoms with E-state index in [-0.39, 0.29) is 17.7 Å². The van der Waals surface area contributed by atoms with Gasteiger partial charge in [-0.2, -0.15) is 0 Å². The molecule has 4 rings (SSSR count). The highest BCUT2D eigenvalue weighted by Gasteiger charge is 2.47. The standard InChI is InChI=1S/C21H28N2O3/c1-13-4-9-18(26-3)17(10-13)23-12-16(11-19(23)24)21(25)22(2)20(14-5-6-14)15-7-8-15/h4,9-10,14-16,20H,5-8,11-12H2,1-3H3. The van der Waals surface area contributed by atoms with Gasteiger partial charge < -0.3 is 14.5 Å². The monoisotopic (exact) mass is 356 g/mol. The first-order valence-electron chi connectivity index (χ1n) is 9.71. The van der Waals surface area contributed by atoms with Crippen molar-refractivity contribution in [3.8, 4) is 5.75 Å². The van der Waals surface area contributed by atoms with Crippen molar-refractivity contribution in [1.82, 2.24) is 4.90 Å². The third-order valence-electron chi connectivity index (χ3n) is 6.10. The fourth-order valence-corrected chi connectivity index (χ4v) is 4.44. The Hall–Kier alpha value is -2.04. The lowest BCUT2D eigenvalue weighted by Crippen LogP contribution is -2.43. The van der Waals surface area contributed by atoms with Gasteiger partial charge in [-0.15, -0.1) is 0 Å². The third kappa shape index (κ3) is 3.19. The summed E-state index contributed by atoms with van der Waals surface area (Å²) in [6.45, 7) is 2.44. The topological polar surface area (TPSA) is 49.9 Å². The van der Waals surface area contributed by atoms with Crippen molar-refractivity contribution in [2.45, 2.75) is 45.1 Å². The predicted octanol–water partition coefficient (Wildman–Crippen LogP) is 3.00. The van der Waals surface area contributed by atoms with Gasteiger partial charge >= 0.3 is 0 Å². The average molecular weight is 356 g/mol. The van der Waals surface area contributed by atoms with Crippen molar-refractivity contribution in [2.75, 3.05) is 25.6 Å². The molecule has 1 atom stereocenters. The van der Waals surface area contributed by atoms with Crippen LogP contribution in [0.4, 0.5) is 5.69 Å². The second-order valence-corrected chi connectivity index (χ2v) is 8.20. The van der Waals surface area contributed by atoms with Crippen LogP contribution in [0.15, 0.2) is 18.2 Å². The molecule has 26 heavy (non-hydrogen) atoms. The first kappa shape index (κ1) is 17.4. The molecule has 1 aromatic carbocycles. The molecule has 1 heterocycles. The lowest BCUT2D eigenvalue weighted by Gasteiger charge is -2.30. The Labute approximate surface area is 155 Å². The largest absolute Gasteiger partial charge is 0.495 e. The molecule has 2 saturated carbocycles. The molecule has 0 bridgehead atoms. The highest BCUT2D eigenvalue weighted by atomic mass is 16.5. The Balaban J connectivity index is 1.50. The van der Waals surface area contributed by atoms with Crippen LogP contribution >= 0.6 is 0 Å². The summed E-state index contributed by atoms with van der Waals surface area (Å²) >= 11 is 0. The van der Waals surface area contributed by atoms with E-state index in [9.17, 15) is 9.59 Å². The van der Waals surface area contributed by atoms with Crippen molar-refractivity contribution >= 4 is 17.5 Å².